The highest BCUT2D eigenvalue weighted by molar-refractivity contribution is 7.44. The Labute approximate surface area is 632 Å². The first-order valence-electron chi connectivity index (χ1n) is 37.0. The van der Waals surface area contributed by atoms with Crippen LogP contribution < -0.4 is 37.2 Å². The average molecular weight is 1580 g/mol. The largest absolute Gasteiger partial charge is 0.394 e. The van der Waals surface area contributed by atoms with Gasteiger partial charge in [0.15, 0.2) is 18.9 Å². The van der Waals surface area contributed by atoms with Gasteiger partial charge in [0.1, 0.15) is 84.4 Å². The third-order valence-corrected chi connectivity index (χ3v) is 19.8. The lowest BCUT2D eigenvalue weighted by atomic mass is 9.84. The van der Waals surface area contributed by atoms with Gasteiger partial charge in [-0.05, 0) is 65.7 Å². The highest BCUT2D eigenvalue weighted by Crippen LogP contribution is 2.49. The van der Waals surface area contributed by atoms with Gasteiger partial charge in [-0.1, -0.05) is 0 Å². The van der Waals surface area contributed by atoms with Crippen molar-refractivity contribution in [3.8, 4) is 6.07 Å². The minimum Gasteiger partial charge on any atom is -0.394 e. The van der Waals surface area contributed by atoms with Crippen LogP contribution in [-0.4, -0.2) is 359 Å². The first-order valence-corrected chi connectivity index (χ1v) is 38.1. The fourth-order valence-corrected chi connectivity index (χ4v) is 13.9. The fraction of sp³-hybridized carbons (Fsp3) is 0.882. The van der Waals surface area contributed by atoms with Crippen molar-refractivity contribution in [1.82, 2.24) is 41.9 Å². The van der Waals surface area contributed by atoms with Crippen LogP contribution >= 0.6 is 8.53 Å². The molecule has 40 heteroatoms. The molecule has 4 rings (SSSR count). The number of ketones is 1. The van der Waals surface area contributed by atoms with Crippen LogP contribution in [0.25, 0.3) is 0 Å². The van der Waals surface area contributed by atoms with Crippen LogP contribution in [0.2, 0.25) is 0 Å². The van der Waals surface area contributed by atoms with Crippen molar-refractivity contribution in [1.29, 1.82) is 5.26 Å². The van der Waals surface area contributed by atoms with E-state index < -0.39 is 155 Å². The van der Waals surface area contributed by atoms with Crippen LogP contribution in [0.1, 0.15) is 113 Å². The minimum absolute atomic E-state index is 0.00679. The SMILES string of the molecule is CC(=O)N[C@H]1[C@H](OCCOCCNCC(=O)CCOCC(COCCC(=O)NCCOCCO[C@@H]2O[C@H](CO)[C@H](O)[C@H](O)[C@H]2NC(C)=O)(COCCC(=O)NCCOCCO[C@@H]2O[C@H](CO)[C@H](O)[C@H](O)[C@H]2NC(C)=O)NC(=O)CCC2CCC(OP(OCCC#N)N(C(C)C)C(C)C)CC2)O[C@H](CO)[C@H](O)[C@@H]1O. The lowest BCUT2D eigenvalue weighted by Gasteiger charge is -2.42. The number of rotatable bonds is 56. The molecule has 0 aromatic rings. The predicted octanol–water partition coefficient (Wildman–Crippen LogP) is -4.99. The summed E-state index contributed by atoms with van der Waals surface area (Å²) in [5.41, 5.74) is -1.45. The summed E-state index contributed by atoms with van der Waals surface area (Å²) in [4.78, 5) is 89.2. The number of nitrogens with one attached hydrogen (secondary N) is 7. The van der Waals surface area contributed by atoms with Gasteiger partial charge in [0.05, 0.1) is 151 Å². The molecule has 6 amide bonds. The van der Waals surface area contributed by atoms with Crippen molar-refractivity contribution in [2.24, 2.45) is 5.92 Å². The third-order valence-electron chi connectivity index (χ3n) is 17.7. The van der Waals surface area contributed by atoms with E-state index in [0.29, 0.717) is 6.42 Å². The van der Waals surface area contributed by atoms with Gasteiger partial charge in [-0.2, -0.15) is 5.26 Å². The standard InChI is InChI=1S/C68H122N9O30P/c1-42(2)77(43(3)4)108(103-22-8-18-69)107-49-12-9-47(10-13-49)11-14-55(87)76-68(40-98-24-16-53(85)71-20-27-95-30-33-101-66-57(74-45(6)82)63(92)60(89)51(37-79)105-66,41-99-25-17-54(86)72-21-28-96-31-34-102-67-58(75-46(7)83)64(93)61(90)52(38-80)106-67)39-97-23-15-48(84)35-70-19-26-94-29-32-100-65-56(73-44(5)81)62(91)59(88)50(36-78)104-65/h42-43,47,49-52,56-67,70,78-80,88-93H,8-17,19-41H2,1-7H3,(H,71,85)(H,72,86)(H,73,81)(H,74,82)(H,75,83)(H,76,87)/t47?,49?,50-,51-,52-,56-,57-,58-,59+,60+,61+,62-,63-,64-,65-,66-,67-,108?/m1/s1. The highest BCUT2D eigenvalue weighted by atomic mass is 31.2. The number of nitrogens with zero attached hydrogens (tertiary/aromatic N) is 2. The molecule has 108 heavy (non-hydrogen) atoms. The number of hydrogen-bond acceptors (Lipinski definition) is 33. The average Bonchev–Trinajstić information content (AvgIpc) is 0.822. The number of hydrogen-bond donors (Lipinski definition) is 16. The molecular weight excluding hydrogens is 1450 g/mol. The molecule has 3 aliphatic heterocycles. The van der Waals surface area contributed by atoms with E-state index in [0.717, 1.165) is 25.7 Å². The zero-order valence-electron chi connectivity index (χ0n) is 63.2. The van der Waals surface area contributed by atoms with E-state index in [1.807, 2.05) is 0 Å². The minimum atomic E-state index is -1.50. The molecule has 0 spiro atoms. The Balaban J connectivity index is 1.38. The molecule has 3 heterocycles. The molecule has 39 nitrogen and oxygen atoms in total. The molecule has 1 aliphatic carbocycles. The summed E-state index contributed by atoms with van der Waals surface area (Å²) >= 11 is 0. The maximum Gasteiger partial charge on any atom is 0.259 e. The molecule has 3 saturated heterocycles. The van der Waals surface area contributed by atoms with Crippen LogP contribution in [-0.2, 0) is 99.5 Å². The van der Waals surface area contributed by atoms with Crippen LogP contribution in [0.5, 0.6) is 0 Å². The zero-order chi connectivity index (χ0) is 79.6. The molecule has 624 valence electrons. The molecule has 0 radical (unpaired) electrons. The topological polar surface area (TPSA) is 542 Å². The molecule has 1 saturated carbocycles. The summed E-state index contributed by atoms with van der Waals surface area (Å²) < 4.78 is 83.9. The van der Waals surface area contributed by atoms with E-state index in [4.69, 9.17) is 65.9 Å². The first kappa shape index (κ1) is 95.8. The lowest BCUT2D eigenvalue weighted by Crippen LogP contribution is -2.64. The van der Waals surface area contributed by atoms with Crippen molar-refractivity contribution in [3.05, 3.63) is 0 Å². The van der Waals surface area contributed by atoms with Crippen molar-refractivity contribution in [2.45, 2.75) is 228 Å². The molecule has 16 atom stereocenters. The fourth-order valence-electron chi connectivity index (χ4n) is 12.2. The van der Waals surface area contributed by atoms with Crippen molar-refractivity contribution < 1.29 is 145 Å². The van der Waals surface area contributed by atoms with Crippen molar-refractivity contribution in [3.63, 3.8) is 0 Å². The van der Waals surface area contributed by atoms with Crippen LogP contribution in [0.3, 0.4) is 0 Å². The summed E-state index contributed by atoms with van der Waals surface area (Å²) in [6, 6.07) is -1.02. The molecular formula is C68H122N9O30P. The third kappa shape index (κ3) is 35.6. The van der Waals surface area contributed by atoms with E-state index in [9.17, 15) is 84.8 Å². The lowest BCUT2D eigenvalue weighted by molar-refractivity contribution is -0.272. The number of aliphatic hydroxyl groups excluding tert-OH is 9. The van der Waals surface area contributed by atoms with E-state index in [1.165, 1.54) is 20.8 Å². The number of aliphatic hydroxyl groups is 9. The van der Waals surface area contributed by atoms with Crippen LogP contribution in [0.4, 0.5) is 0 Å². The maximum atomic E-state index is 14.3. The van der Waals surface area contributed by atoms with Crippen molar-refractivity contribution in [2.75, 3.05) is 152 Å². The summed E-state index contributed by atoms with van der Waals surface area (Å²) in [6.45, 7) is 9.49. The van der Waals surface area contributed by atoms with E-state index in [-0.39, 0.29) is 200 Å². The number of carbonyl (C=O) groups excluding carboxylic acids is 7. The number of ether oxygens (including phenoxy) is 12. The molecule has 0 aromatic heterocycles. The van der Waals surface area contributed by atoms with E-state index >= 15 is 0 Å². The summed E-state index contributed by atoms with van der Waals surface area (Å²) in [5.74, 6) is -2.81. The number of amides is 6. The summed E-state index contributed by atoms with van der Waals surface area (Å²) in [7, 11) is -1.45. The Hall–Kier alpha value is -4.59. The Morgan fingerprint density at radius 1 is 0.500 bits per heavy atom. The molecule has 0 bridgehead atoms. The van der Waals surface area contributed by atoms with Gasteiger partial charge < -0.3 is 149 Å². The Bertz CT molecular complexity index is 2530. The van der Waals surface area contributed by atoms with E-state index in [1.54, 1.807) is 0 Å². The number of nitriles is 1. The number of carbonyl (C=O) groups is 7. The molecule has 4 aliphatic rings. The van der Waals surface area contributed by atoms with Gasteiger partial charge >= 0.3 is 0 Å². The van der Waals surface area contributed by atoms with Gasteiger partial charge in [-0.15, -0.1) is 0 Å². The summed E-state index contributed by atoms with van der Waals surface area (Å²) in [5, 5.41) is 120. The van der Waals surface area contributed by atoms with Crippen LogP contribution in [0, 0.1) is 17.2 Å². The second kappa shape index (κ2) is 53.4. The molecule has 0 aromatic carbocycles. The van der Waals surface area contributed by atoms with Gasteiger partial charge in [-0.25, -0.2) is 4.67 Å². The van der Waals surface area contributed by atoms with Crippen LogP contribution in [0.15, 0.2) is 0 Å². The Morgan fingerprint density at radius 3 is 1.28 bits per heavy atom. The Morgan fingerprint density at radius 2 is 0.898 bits per heavy atom. The molecule has 1 unspecified atom stereocenters. The summed E-state index contributed by atoms with van der Waals surface area (Å²) in [6.07, 6.45) is -12.7. The normalized spacial score (nSPS) is 27.0. The highest BCUT2D eigenvalue weighted by Gasteiger charge is 2.48. The quantitative estimate of drug-likeness (QED) is 0.0200. The van der Waals surface area contributed by atoms with Gasteiger partial charge in [0.25, 0.3) is 8.53 Å². The smallest absolute Gasteiger partial charge is 0.259 e. The number of Topliss-reactive ketones (excluding diaryl/α,β-unsaturated/α-hetero) is 1. The van der Waals surface area contributed by atoms with Gasteiger partial charge in [0, 0.05) is 78.2 Å². The molecule has 16 N–H and O–H groups in total. The van der Waals surface area contributed by atoms with E-state index in [2.05, 4.69) is 75.7 Å². The second-order valence-corrected chi connectivity index (χ2v) is 28.6. The van der Waals surface area contributed by atoms with Crippen molar-refractivity contribution >= 4 is 49.8 Å². The monoisotopic (exact) mass is 1580 g/mol. The van der Waals surface area contributed by atoms with Gasteiger partial charge in [-0.3, -0.25) is 33.6 Å². The maximum absolute atomic E-state index is 14.3. The van der Waals surface area contributed by atoms with Gasteiger partial charge in [0.2, 0.25) is 35.4 Å². The second-order valence-electron chi connectivity index (χ2n) is 27.2. The first-order chi connectivity index (χ1) is 51.7. The predicted molar refractivity (Wildman–Crippen MR) is 379 cm³/mol. The zero-order valence-corrected chi connectivity index (χ0v) is 64.1. The molecule has 4 fully saturated rings. The Kier molecular flexibility index (Phi) is 47.4.